The van der Waals surface area contributed by atoms with Crippen LogP contribution in [-0.4, -0.2) is 45.0 Å². The van der Waals surface area contributed by atoms with Crippen molar-refractivity contribution < 1.29 is 9.53 Å². The molecular weight excluding hydrogens is 304 g/mol. The van der Waals surface area contributed by atoms with Gasteiger partial charge in [0.1, 0.15) is 6.10 Å². The number of rotatable bonds is 3. The fourth-order valence-corrected chi connectivity index (χ4v) is 2.50. The molecule has 3 rings (SSSR count). The van der Waals surface area contributed by atoms with Gasteiger partial charge in [0.05, 0.1) is 29.5 Å². The molecule has 1 aliphatic rings. The van der Waals surface area contributed by atoms with Gasteiger partial charge in [-0.15, -0.1) is 0 Å². The molecule has 0 unspecified atom stereocenters. The van der Waals surface area contributed by atoms with Gasteiger partial charge in [-0.3, -0.25) is 9.78 Å². The van der Waals surface area contributed by atoms with Crippen LogP contribution in [0.25, 0.3) is 0 Å². The van der Waals surface area contributed by atoms with E-state index in [2.05, 4.69) is 15.0 Å². The molecular formula is C15H15ClN4O2. The van der Waals surface area contributed by atoms with Gasteiger partial charge < -0.3 is 9.64 Å². The summed E-state index contributed by atoms with van der Waals surface area (Å²) in [5.41, 5.74) is 1.36. The van der Waals surface area contributed by atoms with E-state index in [4.69, 9.17) is 16.3 Å². The van der Waals surface area contributed by atoms with Gasteiger partial charge in [0.2, 0.25) is 0 Å². The Morgan fingerprint density at radius 2 is 2.14 bits per heavy atom. The van der Waals surface area contributed by atoms with Crippen molar-refractivity contribution in [1.82, 2.24) is 19.9 Å². The van der Waals surface area contributed by atoms with Crippen LogP contribution in [0, 0.1) is 6.92 Å². The zero-order chi connectivity index (χ0) is 15.5. The van der Waals surface area contributed by atoms with Crippen LogP contribution >= 0.6 is 11.6 Å². The number of nitrogens with zero attached hydrogens (tertiary/aromatic N) is 4. The number of aromatic nitrogens is 3. The Kier molecular flexibility index (Phi) is 4.20. The first-order valence-corrected chi connectivity index (χ1v) is 7.36. The van der Waals surface area contributed by atoms with Crippen molar-refractivity contribution in [3.8, 4) is 6.01 Å². The molecule has 3 heterocycles. The van der Waals surface area contributed by atoms with E-state index >= 15 is 0 Å². The molecule has 0 aliphatic carbocycles. The Morgan fingerprint density at radius 1 is 1.36 bits per heavy atom. The molecule has 1 fully saturated rings. The number of amides is 1. The molecule has 22 heavy (non-hydrogen) atoms. The fourth-order valence-electron chi connectivity index (χ4n) is 2.40. The van der Waals surface area contributed by atoms with Crippen LogP contribution in [0.2, 0.25) is 5.02 Å². The first-order chi connectivity index (χ1) is 10.6. The van der Waals surface area contributed by atoms with Gasteiger partial charge in [-0.1, -0.05) is 11.6 Å². The van der Waals surface area contributed by atoms with Gasteiger partial charge in [-0.25, -0.2) is 9.97 Å². The lowest BCUT2D eigenvalue weighted by molar-refractivity contribution is 0.0768. The highest BCUT2D eigenvalue weighted by atomic mass is 35.5. The highest BCUT2D eigenvalue weighted by Crippen LogP contribution is 2.18. The topological polar surface area (TPSA) is 68.2 Å². The van der Waals surface area contributed by atoms with E-state index in [0.717, 1.165) is 12.1 Å². The van der Waals surface area contributed by atoms with Gasteiger partial charge in [0.25, 0.3) is 5.91 Å². The first kappa shape index (κ1) is 14.7. The summed E-state index contributed by atoms with van der Waals surface area (Å²) in [5, 5.41) is 0.461. The Balaban J connectivity index is 1.63. The molecule has 0 N–H and O–H groups in total. The Hall–Kier alpha value is -2.21. The van der Waals surface area contributed by atoms with Gasteiger partial charge in [-0.2, -0.15) is 0 Å². The van der Waals surface area contributed by atoms with Crippen LogP contribution in [0.3, 0.4) is 0 Å². The van der Waals surface area contributed by atoms with Crippen molar-refractivity contribution in [3.63, 3.8) is 0 Å². The van der Waals surface area contributed by atoms with E-state index in [1.165, 1.54) is 12.4 Å². The minimum absolute atomic E-state index is 0.0197. The van der Waals surface area contributed by atoms with Crippen LogP contribution < -0.4 is 4.74 Å². The SMILES string of the molecule is Cc1ncccc1C(=O)N1CC[C@@H](Oc2ncc(Cl)cn2)C1. The highest BCUT2D eigenvalue weighted by molar-refractivity contribution is 6.30. The number of hydrogen-bond acceptors (Lipinski definition) is 5. The minimum Gasteiger partial charge on any atom is -0.458 e. The van der Waals surface area contributed by atoms with E-state index in [9.17, 15) is 4.79 Å². The fraction of sp³-hybridized carbons (Fsp3) is 0.333. The predicted molar refractivity (Wildman–Crippen MR) is 81.0 cm³/mol. The quantitative estimate of drug-likeness (QED) is 0.867. The average molecular weight is 319 g/mol. The molecule has 114 valence electrons. The number of ether oxygens (including phenoxy) is 1. The Bertz CT molecular complexity index is 677. The van der Waals surface area contributed by atoms with Crippen LogP contribution in [0.1, 0.15) is 22.5 Å². The van der Waals surface area contributed by atoms with E-state index in [1.54, 1.807) is 23.2 Å². The third-order valence-corrected chi connectivity index (χ3v) is 3.73. The molecule has 0 radical (unpaired) electrons. The second-order valence-electron chi connectivity index (χ2n) is 5.10. The number of carbonyl (C=O) groups is 1. The smallest absolute Gasteiger partial charge is 0.316 e. The van der Waals surface area contributed by atoms with E-state index < -0.39 is 0 Å². The third kappa shape index (κ3) is 3.17. The molecule has 0 aromatic carbocycles. The van der Waals surface area contributed by atoms with Crippen LogP contribution in [0.4, 0.5) is 0 Å². The number of aryl methyl sites for hydroxylation is 1. The summed E-state index contributed by atoms with van der Waals surface area (Å²) < 4.78 is 5.69. The van der Waals surface area contributed by atoms with Gasteiger partial charge >= 0.3 is 6.01 Å². The van der Waals surface area contributed by atoms with Crippen molar-refractivity contribution >= 4 is 17.5 Å². The van der Waals surface area contributed by atoms with E-state index in [0.29, 0.717) is 23.7 Å². The van der Waals surface area contributed by atoms with Crippen molar-refractivity contribution in [1.29, 1.82) is 0 Å². The molecule has 1 saturated heterocycles. The van der Waals surface area contributed by atoms with Crippen LogP contribution in [0.15, 0.2) is 30.7 Å². The van der Waals surface area contributed by atoms with Crippen molar-refractivity contribution in [2.24, 2.45) is 0 Å². The monoisotopic (exact) mass is 318 g/mol. The number of carbonyl (C=O) groups excluding carboxylic acids is 1. The molecule has 0 bridgehead atoms. The molecule has 0 spiro atoms. The van der Waals surface area contributed by atoms with Gasteiger partial charge in [0.15, 0.2) is 0 Å². The zero-order valence-corrected chi connectivity index (χ0v) is 12.8. The summed E-state index contributed by atoms with van der Waals surface area (Å²) in [5.74, 6) is -0.0197. The lowest BCUT2D eigenvalue weighted by atomic mass is 10.2. The van der Waals surface area contributed by atoms with E-state index in [-0.39, 0.29) is 18.0 Å². The molecule has 0 saturated carbocycles. The van der Waals surface area contributed by atoms with Gasteiger partial charge in [-0.05, 0) is 19.1 Å². The van der Waals surface area contributed by atoms with Crippen molar-refractivity contribution in [2.75, 3.05) is 13.1 Å². The minimum atomic E-state index is -0.109. The predicted octanol–water partition coefficient (Wildman–Crippen LogP) is 2.13. The zero-order valence-electron chi connectivity index (χ0n) is 12.1. The summed E-state index contributed by atoms with van der Waals surface area (Å²) in [7, 11) is 0. The summed E-state index contributed by atoms with van der Waals surface area (Å²) in [6, 6.07) is 3.84. The molecule has 1 atom stereocenters. The standard InChI is InChI=1S/C15H15ClN4O2/c1-10-13(3-2-5-17-10)14(21)20-6-4-12(9-20)22-15-18-7-11(16)8-19-15/h2-3,5,7-8,12H,4,6,9H2,1H3/t12-/m1/s1. The molecule has 1 amide bonds. The van der Waals surface area contributed by atoms with Crippen molar-refractivity contribution in [3.05, 3.63) is 47.0 Å². The van der Waals surface area contributed by atoms with Crippen LogP contribution in [-0.2, 0) is 0 Å². The molecule has 6 nitrogen and oxygen atoms in total. The van der Waals surface area contributed by atoms with E-state index in [1.807, 2.05) is 6.92 Å². The Labute approximate surface area is 133 Å². The Morgan fingerprint density at radius 3 is 2.86 bits per heavy atom. The summed E-state index contributed by atoms with van der Waals surface area (Å²) in [6.45, 7) is 2.99. The van der Waals surface area contributed by atoms with Crippen LogP contribution in [0.5, 0.6) is 6.01 Å². The van der Waals surface area contributed by atoms with Crippen molar-refractivity contribution in [2.45, 2.75) is 19.4 Å². The molecule has 1 aliphatic heterocycles. The van der Waals surface area contributed by atoms with Gasteiger partial charge in [0, 0.05) is 24.9 Å². The normalized spacial score (nSPS) is 17.5. The maximum atomic E-state index is 12.5. The number of halogens is 1. The molecule has 2 aromatic rings. The summed E-state index contributed by atoms with van der Waals surface area (Å²) in [6.07, 6.45) is 5.29. The number of hydrogen-bond donors (Lipinski definition) is 0. The maximum Gasteiger partial charge on any atom is 0.316 e. The maximum absolute atomic E-state index is 12.5. The third-order valence-electron chi connectivity index (χ3n) is 3.54. The molecule has 7 heteroatoms. The highest BCUT2D eigenvalue weighted by Gasteiger charge is 2.29. The summed E-state index contributed by atoms with van der Waals surface area (Å²) >= 11 is 5.74. The second kappa shape index (κ2) is 6.27. The molecule has 2 aromatic heterocycles. The largest absolute Gasteiger partial charge is 0.458 e. The average Bonchev–Trinajstić information content (AvgIpc) is 2.98. The second-order valence-corrected chi connectivity index (χ2v) is 5.54. The lowest BCUT2D eigenvalue weighted by Gasteiger charge is -2.17. The lowest BCUT2D eigenvalue weighted by Crippen LogP contribution is -2.31. The number of likely N-dealkylation sites (tertiary alicyclic amines) is 1. The summed E-state index contributed by atoms with van der Waals surface area (Å²) in [4.78, 5) is 26.4. The first-order valence-electron chi connectivity index (χ1n) is 6.98. The number of pyridine rings is 1.